The molecule has 0 unspecified atom stereocenters. The Labute approximate surface area is 250 Å². The summed E-state index contributed by atoms with van der Waals surface area (Å²) in [5.41, 5.74) is 2.20. The van der Waals surface area contributed by atoms with E-state index in [1.54, 1.807) is 93.4 Å². The van der Waals surface area contributed by atoms with Crippen molar-refractivity contribution in [3.8, 4) is 17.0 Å². The summed E-state index contributed by atoms with van der Waals surface area (Å²) in [7, 11) is -4.06. The third-order valence-electron chi connectivity index (χ3n) is 7.92. The minimum Gasteiger partial charge on any atom is -0.386 e. The lowest BCUT2D eigenvalue weighted by Gasteiger charge is -2.33. The molecule has 1 fully saturated rings. The van der Waals surface area contributed by atoms with Crippen molar-refractivity contribution < 1.29 is 22.5 Å². The van der Waals surface area contributed by atoms with Crippen LogP contribution in [-0.4, -0.2) is 52.0 Å². The molecule has 3 aromatic carbocycles. The van der Waals surface area contributed by atoms with E-state index < -0.39 is 15.7 Å². The number of piperidine rings is 1. The van der Waals surface area contributed by atoms with Crippen molar-refractivity contribution in [1.82, 2.24) is 19.4 Å². The largest absolute Gasteiger partial charge is 0.386 e. The Hall–Kier alpha value is -4.54. The first-order valence-electron chi connectivity index (χ1n) is 14.1. The Morgan fingerprint density at radius 3 is 2.35 bits per heavy atom. The van der Waals surface area contributed by atoms with E-state index in [0.717, 1.165) is 29.7 Å². The van der Waals surface area contributed by atoms with Crippen LogP contribution in [0.3, 0.4) is 0 Å². The van der Waals surface area contributed by atoms with E-state index in [9.17, 15) is 18.3 Å². The topological polar surface area (TPSA) is 115 Å². The molecule has 1 saturated heterocycles. The van der Waals surface area contributed by atoms with E-state index in [2.05, 4.69) is 14.5 Å². The van der Waals surface area contributed by atoms with Crippen molar-refractivity contribution in [2.75, 3.05) is 13.1 Å². The fourth-order valence-electron chi connectivity index (χ4n) is 5.53. The number of nitrogens with zero attached hydrogens (tertiary/aromatic N) is 4. The standard InChI is InChI=1S/C33H32N4O5S/c1-33(2,39)26-10-6-24(7-11-26)32(38)36-18-15-27(16-19-36)37-22-35-21-30(37)23-8-12-28(13-9-23)42-43(40,41)31-5-3-4-25-20-34-17-14-29(25)31/h3-14,17,20-22,27,39H,15-16,18-19H2,1-2H3. The van der Waals surface area contributed by atoms with E-state index >= 15 is 0 Å². The van der Waals surface area contributed by atoms with Crippen molar-refractivity contribution >= 4 is 26.8 Å². The Kier molecular flexibility index (Phi) is 7.49. The zero-order valence-electron chi connectivity index (χ0n) is 23.9. The zero-order valence-corrected chi connectivity index (χ0v) is 24.7. The molecule has 1 aliphatic heterocycles. The number of aliphatic hydroxyl groups is 1. The fraction of sp³-hybridized carbons (Fsp3) is 0.242. The molecule has 0 bridgehead atoms. The van der Waals surface area contributed by atoms with Gasteiger partial charge in [0.05, 0.1) is 23.8 Å². The highest BCUT2D eigenvalue weighted by atomic mass is 32.2. The van der Waals surface area contributed by atoms with Crippen LogP contribution in [0.25, 0.3) is 22.0 Å². The molecule has 9 nitrogen and oxygen atoms in total. The molecule has 6 rings (SSSR count). The number of hydrogen-bond donors (Lipinski definition) is 1. The lowest BCUT2D eigenvalue weighted by atomic mass is 9.97. The van der Waals surface area contributed by atoms with Gasteiger partial charge >= 0.3 is 10.1 Å². The molecular formula is C33H32N4O5S. The number of benzene rings is 3. The van der Waals surface area contributed by atoms with Crippen LogP contribution >= 0.6 is 0 Å². The monoisotopic (exact) mass is 596 g/mol. The first-order chi connectivity index (χ1) is 20.6. The van der Waals surface area contributed by atoms with Gasteiger partial charge in [0.15, 0.2) is 0 Å². The van der Waals surface area contributed by atoms with Gasteiger partial charge in [-0.05, 0) is 80.8 Å². The Morgan fingerprint density at radius 2 is 1.65 bits per heavy atom. The van der Waals surface area contributed by atoms with Crippen LogP contribution in [-0.2, 0) is 15.7 Å². The molecule has 2 aromatic heterocycles. The number of imidazole rings is 1. The number of pyridine rings is 1. The van der Waals surface area contributed by atoms with Crippen LogP contribution in [0.4, 0.5) is 0 Å². The van der Waals surface area contributed by atoms with Gasteiger partial charge in [-0.1, -0.05) is 24.3 Å². The molecule has 0 spiro atoms. The van der Waals surface area contributed by atoms with E-state index in [4.69, 9.17) is 4.18 Å². The summed E-state index contributed by atoms with van der Waals surface area (Å²) in [5.74, 6) is 0.195. The van der Waals surface area contributed by atoms with Gasteiger partial charge in [0.1, 0.15) is 10.6 Å². The number of amides is 1. The van der Waals surface area contributed by atoms with Gasteiger partial charge in [0.2, 0.25) is 0 Å². The van der Waals surface area contributed by atoms with E-state index in [1.165, 1.54) is 6.07 Å². The molecule has 1 N–H and O–H groups in total. The van der Waals surface area contributed by atoms with Crippen LogP contribution in [0.2, 0.25) is 0 Å². The highest BCUT2D eigenvalue weighted by Crippen LogP contribution is 2.32. The number of rotatable bonds is 7. The number of carbonyl (C=O) groups excluding carboxylic acids is 1. The second-order valence-corrected chi connectivity index (χ2v) is 12.8. The molecule has 0 atom stereocenters. The second-order valence-electron chi connectivity index (χ2n) is 11.3. The van der Waals surface area contributed by atoms with Gasteiger partial charge in [-0.15, -0.1) is 0 Å². The van der Waals surface area contributed by atoms with Gasteiger partial charge in [-0.2, -0.15) is 8.42 Å². The Morgan fingerprint density at radius 1 is 0.930 bits per heavy atom. The summed E-state index contributed by atoms with van der Waals surface area (Å²) in [6.45, 7) is 4.67. The van der Waals surface area contributed by atoms with Gasteiger partial charge in [0, 0.05) is 53.4 Å². The predicted octanol–water partition coefficient (Wildman–Crippen LogP) is 5.57. The molecule has 220 valence electrons. The molecule has 3 heterocycles. The van der Waals surface area contributed by atoms with E-state index in [1.807, 2.05) is 17.0 Å². The van der Waals surface area contributed by atoms with Crippen molar-refractivity contribution in [1.29, 1.82) is 0 Å². The second kappa shape index (κ2) is 11.3. The average Bonchev–Trinajstić information content (AvgIpc) is 3.50. The summed E-state index contributed by atoms with van der Waals surface area (Å²) in [5, 5.41) is 11.5. The maximum absolute atomic E-state index is 13.1. The summed E-state index contributed by atoms with van der Waals surface area (Å²) >= 11 is 0. The lowest BCUT2D eigenvalue weighted by Crippen LogP contribution is -2.39. The number of aromatic nitrogens is 3. The van der Waals surface area contributed by atoms with Crippen LogP contribution in [0, 0.1) is 0 Å². The van der Waals surface area contributed by atoms with E-state index in [0.29, 0.717) is 29.4 Å². The summed E-state index contributed by atoms with van der Waals surface area (Å²) in [4.78, 5) is 23.5. The molecule has 5 aromatic rings. The quantitative estimate of drug-likeness (QED) is 0.244. The summed E-state index contributed by atoms with van der Waals surface area (Å²) in [6, 6.07) is 20.9. The van der Waals surface area contributed by atoms with Gasteiger partial charge in [-0.3, -0.25) is 9.78 Å². The van der Waals surface area contributed by atoms with Crippen LogP contribution < -0.4 is 4.18 Å². The molecule has 0 radical (unpaired) electrons. The normalized spacial score (nSPS) is 14.6. The van der Waals surface area contributed by atoms with Crippen molar-refractivity contribution in [2.24, 2.45) is 0 Å². The van der Waals surface area contributed by atoms with Gasteiger partial charge < -0.3 is 18.8 Å². The number of carbonyl (C=O) groups is 1. The van der Waals surface area contributed by atoms with Crippen LogP contribution in [0.1, 0.15) is 48.7 Å². The smallest absolute Gasteiger partial charge is 0.339 e. The minimum atomic E-state index is -4.06. The number of hydrogen-bond acceptors (Lipinski definition) is 7. The zero-order chi connectivity index (χ0) is 30.2. The summed E-state index contributed by atoms with van der Waals surface area (Å²) < 4.78 is 33.8. The number of likely N-dealkylation sites (tertiary alicyclic amines) is 1. The first-order valence-corrected chi connectivity index (χ1v) is 15.5. The molecule has 0 saturated carbocycles. The predicted molar refractivity (Wildman–Crippen MR) is 163 cm³/mol. The lowest BCUT2D eigenvalue weighted by molar-refractivity contribution is 0.0691. The third kappa shape index (κ3) is 5.89. The van der Waals surface area contributed by atoms with Crippen LogP contribution in [0.5, 0.6) is 5.75 Å². The van der Waals surface area contributed by atoms with Gasteiger partial charge in [-0.25, -0.2) is 4.98 Å². The van der Waals surface area contributed by atoms with Gasteiger partial charge in [0.25, 0.3) is 5.91 Å². The average molecular weight is 597 g/mol. The number of fused-ring (bicyclic) bond motifs is 1. The van der Waals surface area contributed by atoms with Crippen molar-refractivity contribution in [3.63, 3.8) is 0 Å². The fourth-order valence-corrected chi connectivity index (χ4v) is 6.69. The molecule has 1 amide bonds. The van der Waals surface area contributed by atoms with Crippen LogP contribution in [0.15, 0.2) is 103 Å². The highest BCUT2D eigenvalue weighted by molar-refractivity contribution is 7.87. The third-order valence-corrected chi connectivity index (χ3v) is 9.22. The van der Waals surface area contributed by atoms with Crippen molar-refractivity contribution in [2.45, 2.75) is 43.2 Å². The maximum Gasteiger partial charge on any atom is 0.339 e. The molecular weight excluding hydrogens is 564 g/mol. The highest BCUT2D eigenvalue weighted by Gasteiger charge is 2.27. The summed E-state index contributed by atoms with van der Waals surface area (Å²) in [6.07, 6.45) is 8.31. The maximum atomic E-state index is 13.1. The molecule has 0 aliphatic carbocycles. The van der Waals surface area contributed by atoms with Crippen molar-refractivity contribution in [3.05, 3.63) is 109 Å². The molecule has 10 heteroatoms. The SMILES string of the molecule is CC(C)(O)c1ccc(C(=O)N2CCC(n3cncc3-c3ccc(OS(=O)(=O)c4cccc5cnccc45)cc3)CC2)cc1. The Bertz CT molecular complexity index is 1860. The Balaban J connectivity index is 1.12. The minimum absolute atomic E-state index is 0.0164. The van der Waals surface area contributed by atoms with E-state index in [-0.39, 0.29) is 22.6 Å². The first kappa shape index (κ1) is 28.6. The molecule has 1 aliphatic rings. The molecule has 43 heavy (non-hydrogen) atoms.